The van der Waals surface area contributed by atoms with Crippen molar-refractivity contribution in [1.82, 2.24) is 4.90 Å². The molecule has 1 atom stereocenters. The summed E-state index contributed by atoms with van der Waals surface area (Å²) in [4.78, 5) is 14.3. The van der Waals surface area contributed by atoms with Gasteiger partial charge in [-0.05, 0) is 51.9 Å². The lowest BCUT2D eigenvalue weighted by molar-refractivity contribution is 0.0271. The lowest BCUT2D eigenvalue weighted by Crippen LogP contribution is -2.31. The van der Waals surface area contributed by atoms with E-state index in [0.29, 0.717) is 5.56 Å². The number of carbonyl (C=O) groups is 1. The molecule has 1 aromatic rings. The molecule has 98 valence electrons. The van der Waals surface area contributed by atoms with Crippen LogP contribution in [0.1, 0.15) is 35.7 Å². The van der Waals surface area contributed by atoms with Crippen molar-refractivity contribution in [1.29, 1.82) is 0 Å². The van der Waals surface area contributed by atoms with Crippen LogP contribution in [-0.4, -0.2) is 36.6 Å². The lowest BCUT2D eigenvalue weighted by Gasteiger charge is -2.20. The summed E-state index contributed by atoms with van der Waals surface area (Å²) in [6.45, 7) is 7.08. The number of ether oxygens (including phenoxy) is 1. The van der Waals surface area contributed by atoms with Crippen LogP contribution in [0.25, 0.3) is 0 Å². The molecule has 0 N–H and O–H groups in total. The number of nitrogens with zero attached hydrogens (tertiary/aromatic N) is 1. The Hall–Kier alpha value is -1.35. The fourth-order valence-electron chi connectivity index (χ4n) is 2.31. The molecule has 1 aromatic carbocycles. The highest BCUT2D eigenvalue weighted by Gasteiger charge is 2.17. The summed E-state index contributed by atoms with van der Waals surface area (Å²) < 4.78 is 5.46. The zero-order valence-corrected chi connectivity index (χ0v) is 11.2. The van der Waals surface area contributed by atoms with Gasteiger partial charge in [-0.15, -0.1) is 0 Å². The molecular formula is C15H21NO2. The summed E-state index contributed by atoms with van der Waals surface area (Å²) in [6.07, 6.45) is 2.48. The third-order valence-corrected chi connectivity index (χ3v) is 3.31. The number of carbonyl (C=O) groups excluding carboxylic acids is 1. The number of hydrogen-bond donors (Lipinski definition) is 0. The third-order valence-electron chi connectivity index (χ3n) is 3.31. The average molecular weight is 247 g/mol. The molecule has 1 heterocycles. The third kappa shape index (κ3) is 3.57. The molecular weight excluding hydrogens is 226 g/mol. The van der Waals surface area contributed by atoms with Crippen LogP contribution in [0.3, 0.4) is 0 Å². The lowest BCUT2D eigenvalue weighted by atomic mass is 10.1. The van der Waals surface area contributed by atoms with Crippen molar-refractivity contribution in [3.63, 3.8) is 0 Å². The van der Waals surface area contributed by atoms with Crippen molar-refractivity contribution in [3.05, 3.63) is 35.4 Å². The van der Waals surface area contributed by atoms with Crippen molar-refractivity contribution in [2.75, 3.05) is 19.6 Å². The predicted octanol–water partition coefficient (Wildman–Crippen LogP) is 2.64. The van der Waals surface area contributed by atoms with Gasteiger partial charge in [0, 0.05) is 6.54 Å². The van der Waals surface area contributed by atoms with Crippen molar-refractivity contribution < 1.29 is 9.53 Å². The van der Waals surface area contributed by atoms with Gasteiger partial charge < -0.3 is 4.74 Å². The van der Waals surface area contributed by atoms with Gasteiger partial charge in [0.15, 0.2) is 0 Å². The first-order valence-corrected chi connectivity index (χ1v) is 6.65. The molecule has 0 aliphatic carbocycles. The summed E-state index contributed by atoms with van der Waals surface area (Å²) in [7, 11) is 0. The summed E-state index contributed by atoms with van der Waals surface area (Å²) in [5.74, 6) is -0.221. The van der Waals surface area contributed by atoms with Crippen LogP contribution in [0.15, 0.2) is 24.3 Å². The average Bonchev–Trinajstić information content (AvgIpc) is 2.82. The van der Waals surface area contributed by atoms with Gasteiger partial charge in [0.2, 0.25) is 0 Å². The van der Waals surface area contributed by atoms with Crippen molar-refractivity contribution in [2.45, 2.75) is 32.8 Å². The number of rotatable bonds is 4. The maximum atomic E-state index is 11.9. The second kappa shape index (κ2) is 6.01. The smallest absolute Gasteiger partial charge is 0.338 e. The van der Waals surface area contributed by atoms with Crippen LogP contribution in [0, 0.1) is 6.92 Å². The van der Waals surface area contributed by atoms with Crippen molar-refractivity contribution in [3.8, 4) is 0 Å². The standard InChI is InChI=1S/C15H21NO2/c1-12-5-7-14(8-6-12)15(17)18-13(2)11-16-9-3-4-10-16/h5-8,13H,3-4,9-11H2,1-2H3. The van der Waals surface area contributed by atoms with E-state index in [1.165, 1.54) is 12.8 Å². The molecule has 1 fully saturated rings. The SMILES string of the molecule is Cc1ccc(C(=O)OC(C)CN2CCCC2)cc1. The Morgan fingerprint density at radius 2 is 1.89 bits per heavy atom. The van der Waals surface area contributed by atoms with E-state index < -0.39 is 0 Å². The van der Waals surface area contributed by atoms with E-state index in [0.717, 1.165) is 25.2 Å². The zero-order chi connectivity index (χ0) is 13.0. The fourth-order valence-corrected chi connectivity index (χ4v) is 2.31. The summed E-state index contributed by atoms with van der Waals surface area (Å²) in [5.41, 5.74) is 1.78. The molecule has 0 amide bonds. The molecule has 0 saturated carbocycles. The van der Waals surface area contributed by atoms with E-state index in [9.17, 15) is 4.79 Å². The van der Waals surface area contributed by atoms with Gasteiger partial charge in [-0.2, -0.15) is 0 Å². The second-order valence-corrected chi connectivity index (χ2v) is 5.09. The minimum absolute atomic E-state index is 0.0445. The van der Waals surface area contributed by atoms with Gasteiger partial charge >= 0.3 is 5.97 Å². The monoisotopic (exact) mass is 247 g/mol. The Bertz CT molecular complexity index is 393. The highest BCUT2D eigenvalue weighted by molar-refractivity contribution is 5.89. The van der Waals surface area contributed by atoms with Crippen LogP contribution in [0.5, 0.6) is 0 Å². The molecule has 0 radical (unpaired) electrons. The summed E-state index contributed by atoms with van der Waals surface area (Å²) in [5, 5.41) is 0. The van der Waals surface area contributed by atoms with E-state index in [-0.39, 0.29) is 12.1 Å². The Kier molecular flexibility index (Phi) is 4.37. The minimum atomic E-state index is -0.221. The zero-order valence-electron chi connectivity index (χ0n) is 11.2. The summed E-state index contributed by atoms with van der Waals surface area (Å²) in [6, 6.07) is 7.50. The molecule has 1 aliphatic rings. The first-order chi connectivity index (χ1) is 8.65. The Morgan fingerprint density at radius 3 is 2.50 bits per heavy atom. The molecule has 1 aliphatic heterocycles. The predicted molar refractivity (Wildman–Crippen MR) is 71.7 cm³/mol. The number of aryl methyl sites for hydroxylation is 1. The van der Waals surface area contributed by atoms with E-state index in [1.54, 1.807) is 0 Å². The van der Waals surface area contributed by atoms with Gasteiger partial charge in [-0.25, -0.2) is 4.79 Å². The van der Waals surface area contributed by atoms with E-state index >= 15 is 0 Å². The highest BCUT2D eigenvalue weighted by Crippen LogP contribution is 2.11. The van der Waals surface area contributed by atoms with Crippen LogP contribution >= 0.6 is 0 Å². The van der Waals surface area contributed by atoms with Crippen LogP contribution in [0.2, 0.25) is 0 Å². The largest absolute Gasteiger partial charge is 0.458 e. The molecule has 1 unspecified atom stereocenters. The quantitative estimate of drug-likeness (QED) is 0.766. The Balaban J connectivity index is 1.84. The number of likely N-dealkylation sites (tertiary alicyclic amines) is 1. The molecule has 1 saturated heterocycles. The number of esters is 1. The normalized spacial score (nSPS) is 17.7. The molecule has 0 aromatic heterocycles. The number of hydrogen-bond acceptors (Lipinski definition) is 3. The Labute approximate surface area is 109 Å². The van der Waals surface area contributed by atoms with Gasteiger partial charge in [0.25, 0.3) is 0 Å². The highest BCUT2D eigenvalue weighted by atomic mass is 16.5. The van der Waals surface area contributed by atoms with Crippen molar-refractivity contribution in [2.24, 2.45) is 0 Å². The fraction of sp³-hybridized carbons (Fsp3) is 0.533. The van der Waals surface area contributed by atoms with Gasteiger partial charge in [-0.3, -0.25) is 4.90 Å². The van der Waals surface area contributed by atoms with Gasteiger partial charge in [0.05, 0.1) is 5.56 Å². The molecule has 18 heavy (non-hydrogen) atoms. The first-order valence-electron chi connectivity index (χ1n) is 6.65. The second-order valence-electron chi connectivity index (χ2n) is 5.09. The topological polar surface area (TPSA) is 29.5 Å². The van der Waals surface area contributed by atoms with Gasteiger partial charge in [0.1, 0.15) is 6.10 Å². The molecule has 3 nitrogen and oxygen atoms in total. The van der Waals surface area contributed by atoms with E-state index in [4.69, 9.17) is 4.74 Å². The summed E-state index contributed by atoms with van der Waals surface area (Å²) >= 11 is 0. The Morgan fingerprint density at radius 1 is 1.28 bits per heavy atom. The minimum Gasteiger partial charge on any atom is -0.458 e. The molecule has 2 rings (SSSR count). The molecule has 3 heteroatoms. The molecule has 0 spiro atoms. The van der Waals surface area contributed by atoms with Crippen LogP contribution in [-0.2, 0) is 4.74 Å². The maximum Gasteiger partial charge on any atom is 0.338 e. The van der Waals surface area contributed by atoms with Crippen molar-refractivity contribution >= 4 is 5.97 Å². The maximum absolute atomic E-state index is 11.9. The van der Waals surface area contributed by atoms with E-state index in [2.05, 4.69) is 4.90 Å². The van der Waals surface area contributed by atoms with Gasteiger partial charge in [-0.1, -0.05) is 17.7 Å². The van der Waals surface area contributed by atoms with Crippen LogP contribution < -0.4 is 0 Å². The van der Waals surface area contributed by atoms with Crippen LogP contribution in [0.4, 0.5) is 0 Å². The first kappa shape index (κ1) is 13.1. The number of benzene rings is 1. The van der Waals surface area contributed by atoms with E-state index in [1.807, 2.05) is 38.1 Å². The molecule has 0 bridgehead atoms.